The number of thioether (sulfide) groups is 1. The van der Waals surface area contributed by atoms with Gasteiger partial charge in [0.05, 0.1) is 5.25 Å². The Bertz CT molecular complexity index is 890. The van der Waals surface area contributed by atoms with E-state index in [1.54, 1.807) is 18.1 Å². The summed E-state index contributed by atoms with van der Waals surface area (Å²) in [6.07, 6.45) is 5.84. The van der Waals surface area contributed by atoms with Crippen LogP contribution >= 0.6 is 11.8 Å². The van der Waals surface area contributed by atoms with E-state index in [1.165, 1.54) is 0 Å². The minimum Gasteiger partial charge on any atom is -0.298 e. The molecule has 4 aliphatic carbocycles. The fourth-order valence-electron chi connectivity index (χ4n) is 7.24. The van der Waals surface area contributed by atoms with E-state index < -0.39 is 0 Å². The van der Waals surface area contributed by atoms with Crippen molar-refractivity contribution in [2.45, 2.75) is 83.7 Å². The van der Waals surface area contributed by atoms with E-state index in [0.29, 0.717) is 11.6 Å². The second-order valence-corrected chi connectivity index (χ2v) is 12.3. The van der Waals surface area contributed by atoms with Crippen molar-refractivity contribution in [3.8, 4) is 0 Å². The predicted molar refractivity (Wildman–Crippen MR) is 108 cm³/mol. The first-order valence-corrected chi connectivity index (χ1v) is 11.5. The molecule has 5 nitrogen and oxygen atoms in total. The standard InChI is InChI=1S/C22H31N3O2S/c1-19(2)12-7-9-21(19,5)16(14(12)26)25-11-23-24-18(25)28-17-15(27)13-8-10-22(17,6)20(13,3)4/h11-13,16-17H,7-10H2,1-6H3/t12-,13+,16-,17-,21-,22+/m1/s1. The van der Waals surface area contributed by atoms with E-state index in [4.69, 9.17) is 0 Å². The van der Waals surface area contributed by atoms with E-state index in [-0.39, 0.29) is 44.8 Å². The first-order chi connectivity index (χ1) is 13.0. The van der Waals surface area contributed by atoms with Crippen LogP contribution in [-0.2, 0) is 9.59 Å². The van der Waals surface area contributed by atoms with Crippen LogP contribution in [0.3, 0.4) is 0 Å². The number of ketones is 2. The lowest BCUT2D eigenvalue weighted by atomic mass is 9.69. The summed E-state index contributed by atoms with van der Waals surface area (Å²) in [5.74, 6) is 0.950. The summed E-state index contributed by atoms with van der Waals surface area (Å²) in [6.45, 7) is 13.5. The minimum absolute atomic E-state index is 0.0167. The van der Waals surface area contributed by atoms with Crippen LogP contribution in [0.15, 0.2) is 11.5 Å². The maximum atomic E-state index is 13.3. The van der Waals surface area contributed by atoms with Gasteiger partial charge in [-0.15, -0.1) is 10.2 Å². The Balaban J connectivity index is 1.51. The highest BCUT2D eigenvalue weighted by molar-refractivity contribution is 8.00. The van der Waals surface area contributed by atoms with E-state index in [9.17, 15) is 9.59 Å². The van der Waals surface area contributed by atoms with Crippen LogP contribution in [0.25, 0.3) is 0 Å². The lowest BCUT2D eigenvalue weighted by molar-refractivity contribution is -0.126. The zero-order valence-electron chi connectivity index (χ0n) is 17.8. The lowest BCUT2D eigenvalue weighted by Gasteiger charge is -2.39. The summed E-state index contributed by atoms with van der Waals surface area (Å²) in [5, 5.41) is 9.21. The Hall–Kier alpha value is -1.17. The minimum atomic E-state index is -0.215. The topological polar surface area (TPSA) is 64.8 Å². The Kier molecular flexibility index (Phi) is 3.56. The van der Waals surface area contributed by atoms with E-state index >= 15 is 0 Å². The zero-order valence-corrected chi connectivity index (χ0v) is 18.6. The molecule has 152 valence electrons. The fourth-order valence-corrected chi connectivity index (χ4v) is 8.78. The average Bonchev–Trinajstić information content (AvgIpc) is 3.27. The van der Waals surface area contributed by atoms with Gasteiger partial charge in [0, 0.05) is 17.3 Å². The van der Waals surface area contributed by atoms with Gasteiger partial charge in [0.25, 0.3) is 0 Å². The Morgan fingerprint density at radius 3 is 2.04 bits per heavy atom. The molecule has 0 unspecified atom stereocenters. The van der Waals surface area contributed by atoms with Crippen molar-refractivity contribution in [3.05, 3.63) is 6.33 Å². The number of nitrogens with zero attached hydrogens (tertiary/aromatic N) is 3. The Morgan fingerprint density at radius 1 is 0.929 bits per heavy atom. The molecule has 1 aromatic rings. The lowest BCUT2D eigenvalue weighted by Crippen LogP contribution is -2.37. The van der Waals surface area contributed by atoms with Crippen molar-refractivity contribution in [1.82, 2.24) is 14.8 Å². The predicted octanol–water partition coefficient (Wildman–Crippen LogP) is 4.33. The Labute approximate surface area is 171 Å². The Morgan fingerprint density at radius 2 is 1.50 bits per heavy atom. The molecule has 1 heterocycles. The molecule has 4 aliphatic rings. The fraction of sp³-hybridized carbons (Fsp3) is 0.818. The van der Waals surface area contributed by atoms with Gasteiger partial charge < -0.3 is 0 Å². The van der Waals surface area contributed by atoms with Crippen LogP contribution in [0, 0.1) is 33.5 Å². The number of carbonyl (C=O) groups is 2. The molecule has 0 radical (unpaired) electrons. The third-order valence-electron chi connectivity index (χ3n) is 10.0. The number of Topliss-reactive ketones (excluding diaryl/α,β-unsaturated/α-hetero) is 2. The van der Waals surface area contributed by atoms with Gasteiger partial charge in [0.2, 0.25) is 0 Å². The van der Waals surface area contributed by atoms with Crippen molar-refractivity contribution in [2.75, 3.05) is 0 Å². The molecule has 0 N–H and O–H groups in total. The summed E-state index contributed by atoms with van der Waals surface area (Å²) in [5.41, 5.74) is -0.119. The van der Waals surface area contributed by atoms with E-state index in [0.717, 1.165) is 30.8 Å². The maximum absolute atomic E-state index is 13.3. The monoisotopic (exact) mass is 401 g/mol. The SMILES string of the molecule is CC1(C)[C@H]2CC[C@@]1(C)[C@H](Sc1nncn1[C@@H]1C(=O)[C@H]3CC[C@@]1(C)C3(C)C)C2=O. The highest BCUT2D eigenvalue weighted by Gasteiger charge is 2.68. The molecule has 6 atom stereocenters. The molecule has 1 aromatic heterocycles. The van der Waals surface area contributed by atoms with Crippen molar-refractivity contribution >= 4 is 23.3 Å². The van der Waals surface area contributed by atoms with Crippen LogP contribution < -0.4 is 0 Å². The molecule has 0 spiro atoms. The molecule has 4 fully saturated rings. The third kappa shape index (κ3) is 1.87. The van der Waals surface area contributed by atoms with Crippen LogP contribution in [0.2, 0.25) is 0 Å². The van der Waals surface area contributed by atoms with Crippen LogP contribution in [0.5, 0.6) is 0 Å². The first kappa shape index (κ1) is 18.8. The second kappa shape index (κ2) is 5.30. The summed E-state index contributed by atoms with van der Waals surface area (Å²) in [4.78, 5) is 26.4. The number of hydrogen-bond donors (Lipinski definition) is 0. The van der Waals surface area contributed by atoms with Crippen molar-refractivity contribution in [1.29, 1.82) is 0 Å². The number of aromatic nitrogens is 3. The zero-order chi connectivity index (χ0) is 20.3. The smallest absolute Gasteiger partial charge is 0.192 e. The molecule has 5 rings (SSSR count). The van der Waals surface area contributed by atoms with Crippen molar-refractivity contribution in [3.63, 3.8) is 0 Å². The molecule has 0 amide bonds. The molecule has 0 saturated heterocycles. The molecule has 4 bridgehead atoms. The molecule has 0 aliphatic heterocycles. The highest BCUT2D eigenvalue weighted by Crippen LogP contribution is 2.69. The van der Waals surface area contributed by atoms with Gasteiger partial charge in [-0.3, -0.25) is 14.2 Å². The maximum Gasteiger partial charge on any atom is 0.192 e. The number of hydrogen-bond acceptors (Lipinski definition) is 5. The quantitative estimate of drug-likeness (QED) is 0.754. The van der Waals surface area contributed by atoms with Crippen molar-refractivity contribution < 1.29 is 9.59 Å². The molecule has 6 heteroatoms. The van der Waals surface area contributed by atoms with Crippen LogP contribution in [-0.4, -0.2) is 31.6 Å². The van der Waals surface area contributed by atoms with Crippen LogP contribution in [0.1, 0.15) is 73.3 Å². The highest BCUT2D eigenvalue weighted by atomic mass is 32.2. The summed E-state index contributed by atoms with van der Waals surface area (Å²) in [6, 6.07) is -0.215. The average molecular weight is 402 g/mol. The molecule has 0 aromatic carbocycles. The van der Waals surface area contributed by atoms with Gasteiger partial charge in [-0.1, -0.05) is 53.3 Å². The van der Waals surface area contributed by atoms with Crippen molar-refractivity contribution in [2.24, 2.45) is 33.5 Å². The van der Waals surface area contributed by atoms with Crippen LogP contribution in [0.4, 0.5) is 0 Å². The second-order valence-electron chi connectivity index (χ2n) is 11.2. The normalized spacial score (nSPS) is 45.4. The van der Waals surface area contributed by atoms with Gasteiger partial charge in [-0.25, -0.2) is 0 Å². The number of rotatable bonds is 3. The van der Waals surface area contributed by atoms with Gasteiger partial charge in [-0.2, -0.15) is 0 Å². The number of carbonyl (C=O) groups excluding carboxylic acids is 2. The van der Waals surface area contributed by atoms with Gasteiger partial charge >= 0.3 is 0 Å². The van der Waals surface area contributed by atoms with Gasteiger partial charge in [0.1, 0.15) is 18.2 Å². The van der Waals surface area contributed by atoms with E-state index in [2.05, 4.69) is 51.7 Å². The first-order valence-electron chi connectivity index (χ1n) is 10.6. The molecular weight excluding hydrogens is 370 g/mol. The van der Waals surface area contributed by atoms with E-state index in [1.807, 2.05) is 4.57 Å². The van der Waals surface area contributed by atoms with Gasteiger partial charge in [-0.05, 0) is 41.9 Å². The third-order valence-corrected chi connectivity index (χ3v) is 11.5. The largest absolute Gasteiger partial charge is 0.298 e. The van der Waals surface area contributed by atoms with Gasteiger partial charge in [0.15, 0.2) is 10.9 Å². The number of fused-ring (bicyclic) bond motifs is 4. The summed E-state index contributed by atoms with van der Waals surface area (Å²) < 4.78 is 2.00. The summed E-state index contributed by atoms with van der Waals surface area (Å²) in [7, 11) is 0. The summed E-state index contributed by atoms with van der Waals surface area (Å²) >= 11 is 1.56. The molecular formula is C22H31N3O2S. The molecule has 28 heavy (non-hydrogen) atoms. The molecule has 4 saturated carbocycles.